The molecule has 29 heavy (non-hydrogen) atoms. The standard InChI is InChI=1S/C24H31FN2O2/c1-3-29-22-10-6-20(7-11-22)17-27-14-4-5-19(16-27)8-13-24(28)26-23-12-9-21(25)15-18(23)2/h6-7,9-12,15,19H,3-5,8,13-14,16-17H2,1-2H3,(H,26,28)/t19-/m1/s1. The average Bonchev–Trinajstić information content (AvgIpc) is 2.71. The summed E-state index contributed by atoms with van der Waals surface area (Å²) in [5, 5.41) is 2.91. The Kier molecular flexibility index (Phi) is 7.64. The minimum atomic E-state index is -0.282. The fourth-order valence-corrected chi connectivity index (χ4v) is 3.96. The van der Waals surface area contributed by atoms with E-state index in [9.17, 15) is 9.18 Å². The lowest BCUT2D eigenvalue weighted by molar-refractivity contribution is -0.116. The van der Waals surface area contributed by atoms with Crippen LogP contribution < -0.4 is 10.1 Å². The molecule has 0 unspecified atom stereocenters. The summed E-state index contributed by atoms with van der Waals surface area (Å²) < 4.78 is 18.7. The summed E-state index contributed by atoms with van der Waals surface area (Å²) in [7, 11) is 0. The molecule has 156 valence electrons. The highest BCUT2D eigenvalue weighted by Gasteiger charge is 2.21. The van der Waals surface area contributed by atoms with E-state index in [1.54, 1.807) is 13.0 Å². The quantitative estimate of drug-likeness (QED) is 0.667. The lowest BCUT2D eigenvalue weighted by Crippen LogP contribution is -2.35. The highest BCUT2D eigenvalue weighted by molar-refractivity contribution is 5.91. The molecular formula is C24H31FN2O2. The highest BCUT2D eigenvalue weighted by atomic mass is 19.1. The van der Waals surface area contributed by atoms with Crippen molar-refractivity contribution < 1.29 is 13.9 Å². The number of halogens is 1. The molecule has 4 nitrogen and oxygen atoms in total. The lowest BCUT2D eigenvalue weighted by atomic mass is 9.93. The zero-order chi connectivity index (χ0) is 20.6. The molecule has 1 aliphatic heterocycles. The van der Waals surface area contributed by atoms with Gasteiger partial charge in [0.2, 0.25) is 5.91 Å². The second-order valence-electron chi connectivity index (χ2n) is 7.87. The average molecular weight is 399 g/mol. The number of carbonyl (C=O) groups is 1. The highest BCUT2D eigenvalue weighted by Crippen LogP contribution is 2.24. The first-order valence-electron chi connectivity index (χ1n) is 10.5. The van der Waals surface area contributed by atoms with Crippen LogP contribution in [-0.2, 0) is 11.3 Å². The van der Waals surface area contributed by atoms with Gasteiger partial charge in [0.15, 0.2) is 0 Å². The van der Waals surface area contributed by atoms with Gasteiger partial charge in [-0.15, -0.1) is 0 Å². The Balaban J connectivity index is 1.44. The molecule has 1 amide bonds. The first kappa shape index (κ1) is 21.3. The number of nitrogens with one attached hydrogen (secondary N) is 1. The van der Waals surface area contributed by atoms with Crippen LogP contribution in [0.2, 0.25) is 0 Å². The van der Waals surface area contributed by atoms with Crippen molar-refractivity contribution in [3.8, 4) is 5.75 Å². The van der Waals surface area contributed by atoms with E-state index in [2.05, 4.69) is 22.3 Å². The zero-order valence-corrected chi connectivity index (χ0v) is 17.4. The molecule has 1 saturated heterocycles. The normalized spacial score (nSPS) is 17.1. The van der Waals surface area contributed by atoms with E-state index < -0.39 is 0 Å². The molecule has 5 heteroatoms. The van der Waals surface area contributed by atoms with Gasteiger partial charge in [-0.2, -0.15) is 0 Å². The Morgan fingerprint density at radius 3 is 2.76 bits per heavy atom. The molecule has 1 heterocycles. The third kappa shape index (κ3) is 6.57. The number of amides is 1. The smallest absolute Gasteiger partial charge is 0.224 e. The topological polar surface area (TPSA) is 41.6 Å². The number of hydrogen-bond donors (Lipinski definition) is 1. The summed E-state index contributed by atoms with van der Waals surface area (Å²) in [5.41, 5.74) is 2.73. The summed E-state index contributed by atoms with van der Waals surface area (Å²) in [4.78, 5) is 14.8. The Hall–Kier alpha value is -2.40. The van der Waals surface area contributed by atoms with Gasteiger partial charge in [0.1, 0.15) is 11.6 Å². The van der Waals surface area contributed by atoms with Gasteiger partial charge in [-0.05, 0) is 87.0 Å². The molecule has 1 N–H and O–H groups in total. The number of benzene rings is 2. The van der Waals surface area contributed by atoms with Gasteiger partial charge < -0.3 is 10.1 Å². The van der Waals surface area contributed by atoms with E-state index in [0.717, 1.165) is 37.4 Å². The first-order chi connectivity index (χ1) is 14.0. The number of anilines is 1. The van der Waals surface area contributed by atoms with E-state index in [1.165, 1.54) is 30.5 Å². The molecule has 2 aromatic rings. The molecule has 0 saturated carbocycles. The van der Waals surface area contributed by atoms with Gasteiger partial charge in [-0.3, -0.25) is 9.69 Å². The van der Waals surface area contributed by atoms with Crippen molar-refractivity contribution in [2.75, 3.05) is 25.0 Å². The largest absolute Gasteiger partial charge is 0.494 e. The van der Waals surface area contributed by atoms with Crippen molar-refractivity contribution in [2.24, 2.45) is 5.92 Å². The van der Waals surface area contributed by atoms with E-state index in [0.29, 0.717) is 24.6 Å². The number of hydrogen-bond acceptors (Lipinski definition) is 3. The molecule has 1 fully saturated rings. The molecule has 0 aromatic heterocycles. The van der Waals surface area contributed by atoms with Gasteiger partial charge in [0, 0.05) is 25.2 Å². The second kappa shape index (κ2) is 10.4. The van der Waals surface area contributed by atoms with Gasteiger partial charge in [0.05, 0.1) is 6.61 Å². The van der Waals surface area contributed by atoms with Crippen molar-refractivity contribution >= 4 is 11.6 Å². The second-order valence-corrected chi connectivity index (χ2v) is 7.87. The van der Waals surface area contributed by atoms with E-state index in [-0.39, 0.29) is 11.7 Å². The van der Waals surface area contributed by atoms with Crippen LogP contribution in [0.1, 0.15) is 43.7 Å². The number of piperidine rings is 1. The van der Waals surface area contributed by atoms with E-state index in [4.69, 9.17) is 4.74 Å². The van der Waals surface area contributed by atoms with Crippen molar-refractivity contribution in [1.82, 2.24) is 4.90 Å². The van der Waals surface area contributed by atoms with Crippen molar-refractivity contribution in [2.45, 2.75) is 46.1 Å². The Bertz CT molecular complexity index is 807. The number of rotatable bonds is 8. The molecule has 0 aliphatic carbocycles. The first-order valence-corrected chi connectivity index (χ1v) is 10.5. The van der Waals surface area contributed by atoms with Crippen LogP contribution in [0.3, 0.4) is 0 Å². The van der Waals surface area contributed by atoms with Crippen molar-refractivity contribution in [3.63, 3.8) is 0 Å². The van der Waals surface area contributed by atoms with Gasteiger partial charge in [0.25, 0.3) is 0 Å². The summed E-state index contributed by atoms with van der Waals surface area (Å²) >= 11 is 0. The third-order valence-electron chi connectivity index (χ3n) is 5.49. The fraction of sp³-hybridized carbons (Fsp3) is 0.458. The number of ether oxygens (including phenoxy) is 1. The van der Waals surface area contributed by atoms with Crippen LogP contribution in [0.4, 0.5) is 10.1 Å². The minimum absolute atomic E-state index is 0.00310. The molecule has 1 atom stereocenters. The van der Waals surface area contributed by atoms with Crippen molar-refractivity contribution in [1.29, 1.82) is 0 Å². The van der Waals surface area contributed by atoms with Crippen LogP contribution in [0, 0.1) is 18.7 Å². The van der Waals surface area contributed by atoms with Crippen LogP contribution in [-0.4, -0.2) is 30.5 Å². The molecule has 0 radical (unpaired) electrons. The summed E-state index contributed by atoms with van der Waals surface area (Å²) in [6.07, 6.45) is 3.72. The molecule has 3 rings (SSSR count). The molecule has 2 aromatic carbocycles. The van der Waals surface area contributed by atoms with Gasteiger partial charge in [-0.25, -0.2) is 4.39 Å². The van der Waals surface area contributed by atoms with Crippen LogP contribution in [0.5, 0.6) is 5.75 Å². The van der Waals surface area contributed by atoms with Crippen LogP contribution in [0.15, 0.2) is 42.5 Å². The van der Waals surface area contributed by atoms with Crippen LogP contribution >= 0.6 is 0 Å². The fourth-order valence-electron chi connectivity index (χ4n) is 3.96. The maximum atomic E-state index is 13.2. The maximum absolute atomic E-state index is 13.2. The lowest BCUT2D eigenvalue weighted by Gasteiger charge is -2.32. The number of aryl methyl sites for hydroxylation is 1. The molecule has 1 aliphatic rings. The Labute approximate surface area is 173 Å². The Morgan fingerprint density at radius 1 is 1.24 bits per heavy atom. The number of carbonyl (C=O) groups excluding carboxylic acids is 1. The van der Waals surface area contributed by atoms with Crippen LogP contribution in [0.25, 0.3) is 0 Å². The van der Waals surface area contributed by atoms with E-state index in [1.807, 2.05) is 19.1 Å². The van der Waals surface area contributed by atoms with E-state index >= 15 is 0 Å². The van der Waals surface area contributed by atoms with Crippen molar-refractivity contribution in [3.05, 3.63) is 59.4 Å². The van der Waals surface area contributed by atoms with Gasteiger partial charge >= 0.3 is 0 Å². The molecular weight excluding hydrogens is 367 g/mol. The predicted molar refractivity (Wildman–Crippen MR) is 115 cm³/mol. The minimum Gasteiger partial charge on any atom is -0.494 e. The maximum Gasteiger partial charge on any atom is 0.224 e. The summed E-state index contributed by atoms with van der Waals surface area (Å²) in [6, 6.07) is 12.8. The Morgan fingerprint density at radius 2 is 2.03 bits per heavy atom. The zero-order valence-electron chi connectivity index (χ0n) is 17.4. The van der Waals surface area contributed by atoms with Gasteiger partial charge in [-0.1, -0.05) is 12.1 Å². The number of nitrogens with zero attached hydrogens (tertiary/aromatic N) is 1. The SMILES string of the molecule is CCOc1ccc(CN2CCC[C@H](CCC(=O)Nc3ccc(F)cc3C)C2)cc1. The predicted octanol–water partition coefficient (Wildman–Crippen LogP) is 5.16. The monoisotopic (exact) mass is 398 g/mol. The number of likely N-dealkylation sites (tertiary alicyclic amines) is 1. The summed E-state index contributed by atoms with van der Waals surface area (Å²) in [6.45, 7) is 7.54. The molecule has 0 spiro atoms. The summed E-state index contributed by atoms with van der Waals surface area (Å²) in [5.74, 6) is 1.17. The third-order valence-corrected chi connectivity index (χ3v) is 5.49. The molecule has 0 bridgehead atoms.